The van der Waals surface area contributed by atoms with E-state index in [0.29, 0.717) is 22.3 Å². The maximum absolute atomic E-state index is 12.0. The van der Waals surface area contributed by atoms with Gasteiger partial charge in [-0.15, -0.1) is 0 Å². The molecule has 0 fully saturated rings. The van der Waals surface area contributed by atoms with Crippen molar-refractivity contribution in [2.45, 2.75) is 0 Å². The van der Waals surface area contributed by atoms with Crippen LogP contribution in [0.1, 0.15) is 5.56 Å². The fourth-order valence-corrected chi connectivity index (χ4v) is 1.96. The van der Waals surface area contributed by atoms with Crippen LogP contribution in [0.15, 0.2) is 63.8 Å². The van der Waals surface area contributed by atoms with E-state index in [2.05, 4.69) is 6.07 Å². The molecule has 0 amide bonds. The van der Waals surface area contributed by atoms with Crippen molar-refractivity contribution in [1.82, 2.24) is 0 Å². The predicted octanol–water partition coefficient (Wildman–Crippen LogP) is 3.33. The highest BCUT2D eigenvalue weighted by atomic mass is 16.3. The lowest BCUT2D eigenvalue weighted by molar-refractivity contribution is 0.619. The first-order valence-corrected chi connectivity index (χ1v) is 5.81. The van der Waals surface area contributed by atoms with E-state index < -0.39 is 0 Å². The SMILES string of the molecule is N#Cc1ccc(-c2cc(=O)c3ccccc3o2)cc1. The molecule has 3 nitrogen and oxygen atoms in total. The number of hydrogen-bond acceptors (Lipinski definition) is 3. The molecule has 3 heteroatoms. The Hall–Kier alpha value is -2.86. The van der Waals surface area contributed by atoms with Gasteiger partial charge in [0.25, 0.3) is 0 Å². The van der Waals surface area contributed by atoms with Gasteiger partial charge in [0.1, 0.15) is 11.3 Å². The summed E-state index contributed by atoms with van der Waals surface area (Å²) in [5.41, 5.74) is 1.85. The third-order valence-electron chi connectivity index (χ3n) is 2.93. The van der Waals surface area contributed by atoms with E-state index in [-0.39, 0.29) is 5.43 Å². The first kappa shape index (κ1) is 11.2. The minimum atomic E-state index is -0.0683. The number of rotatable bonds is 1. The Morgan fingerprint density at radius 3 is 2.47 bits per heavy atom. The van der Waals surface area contributed by atoms with E-state index in [9.17, 15) is 4.79 Å². The van der Waals surface area contributed by atoms with Crippen LogP contribution in [-0.2, 0) is 0 Å². The van der Waals surface area contributed by atoms with Crippen LogP contribution in [0, 0.1) is 11.3 Å². The molecule has 0 N–H and O–H groups in total. The van der Waals surface area contributed by atoms with Crippen molar-refractivity contribution in [2.24, 2.45) is 0 Å². The number of fused-ring (bicyclic) bond motifs is 1. The largest absolute Gasteiger partial charge is 0.456 e. The van der Waals surface area contributed by atoms with Gasteiger partial charge >= 0.3 is 0 Å². The molecule has 2 aromatic carbocycles. The van der Waals surface area contributed by atoms with Gasteiger partial charge in [-0.1, -0.05) is 12.1 Å². The lowest BCUT2D eigenvalue weighted by Crippen LogP contribution is -1.99. The molecule has 0 atom stereocenters. The van der Waals surface area contributed by atoms with Crippen LogP contribution >= 0.6 is 0 Å². The Balaban J connectivity index is 2.20. The van der Waals surface area contributed by atoms with E-state index in [4.69, 9.17) is 9.68 Å². The number of hydrogen-bond donors (Lipinski definition) is 0. The Labute approximate surface area is 109 Å². The zero-order chi connectivity index (χ0) is 13.2. The molecule has 0 radical (unpaired) electrons. The van der Waals surface area contributed by atoms with Crippen molar-refractivity contribution >= 4 is 11.0 Å². The van der Waals surface area contributed by atoms with E-state index >= 15 is 0 Å². The van der Waals surface area contributed by atoms with Crippen LogP contribution in [0.2, 0.25) is 0 Å². The second-order valence-corrected chi connectivity index (χ2v) is 4.16. The molecule has 0 saturated carbocycles. The van der Waals surface area contributed by atoms with Gasteiger partial charge in [0.15, 0.2) is 5.43 Å². The normalized spacial score (nSPS) is 10.3. The quantitative estimate of drug-likeness (QED) is 0.662. The molecule has 1 heterocycles. The molecule has 0 unspecified atom stereocenters. The Morgan fingerprint density at radius 2 is 1.74 bits per heavy atom. The Morgan fingerprint density at radius 1 is 1.00 bits per heavy atom. The number of nitrogens with zero attached hydrogens (tertiary/aromatic N) is 1. The summed E-state index contributed by atoms with van der Waals surface area (Å²) in [6.45, 7) is 0. The molecule has 0 saturated heterocycles. The molecule has 1 aromatic heterocycles. The average molecular weight is 247 g/mol. The maximum Gasteiger partial charge on any atom is 0.193 e. The van der Waals surface area contributed by atoms with Crippen LogP contribution in [0.5, 0.6) is 0 Å². The van der Waals surface area contributed by atoms with Crippen molar-refractivity contribution in [3.05, 3.63) is 70.4 Å². The highest BCUT2D eigenvalue weighted by Crippen LogP contribution is 2.22. The molecular formula is C16H9NO2. The van der Waals surface area contributed by atoms with Crippen LogP contribution in [0.3, 0.4) is 0 Å². The standard InChI is InChI=1S/C16H9NO2/c17-10-11-5-7-12(8-6-11)16-9-14(18)13-3-1-2-4-15(13)19-16/h1-9H. The molecule has 19 heavy (non-hydrogen) atoms. The summed E-state index contributed by atoms with van der Waals surface area (Å²) in [5.74, 6) is 0.508. The van der Waals surface area contributed by atoms with Crippen LogP contribution in [0.25, 0.3) is 22.3 Å². The van der Waals surface area contributed by atoms with E-state index in [1.165, 1.54) is 6.07 Å². The fourth-order valence-electron chi connectivity index (χ4n) is 1.96. The predicted molar refractivity (Wildman–Crippen MR) is 72.6 cm³/mol. The number of benzene rings is 2. The number of para-hydroxylation sites is 1. The molecule has 3 rings (SSSR count). The second kappa shape index (κ2) is 4.43. The van der Waals surface area contributed by atoms with Gasteiger partial charge in [-0.25, -0.2) is 0 Å². The minimum Gasteiger partial charge on any atom is -0.456 e. The van der Waals surface area contributed by atoms with E-state index in [1.807, 2.05) is 6.07 Å². The summed E-state index contributed by atoms with van der Waals surface area (Å²) >= 11 is 0. The average Bonchev–Trinajstić information content (AvgIpc) is 2.47. The highest BCUT2D eigenvalue weighted by Gasteiger charge is 2.06. The zero-order valence-electron chi connectivity index (χ0n) is 9.96. The van der Waals surface area contributed by atoms with E-state index in [0.717, 1.165) is 5.56 Å². The lowest BCUT2D eigenvalue weighted by atomic mass is 10.1. The number of nitriles is 1. The van der Waals surface area contributed by atoms with Crippen LogP contribution < -0.4 is 5.43 Å². The van der Waals surface area contributed by atoms with Gasteiger partial charge in [0, 0.05) is 11.6 Å². The zero-order valence-corrected chi connectivity index (χ0v) is 9.96. The molecule has 0 aliphatic rings. The third kappa shape index (κ3) is 2.00. The summed E-state index contributed by atoms with van der Waals surface area (Å²) in [7, 11) is 0. The van der Waals surface area contributed by atoms with Crippen molar-refractivity contribution in [3.8, 4) is 17.4 Å². The summed E-state index contributed by atoms with van der Waals surface area (Å²) in [5, 5.41) is 9.33. The maximum atomic E-state index is 12.0. The topological polar surface area (TPSA) is 54.0 Å². The van der Waals surface area contributed by atoms with Crippen molar-refractivity contribution in [3.63, 3.8) is 0 Å². The van der Waals surface area contributed by atoms with Crippen molar-refractivity contribution in [1.29, 1.82) is 5.26 Å². The second-order valence-electron chi connectivity index (χ2n) is 4.16. The molecular weight excluding hydrogens is 238 g/mol. The Bertz CT molecular complexity index is 839. The van der Waals surface area contributed by atoms with Gasteiger partial charge in [-0.2, -0.15) is 5.26 Å². The van der Waals surface area contributed by atoms with Gasteiger partial charge in [0.05, 0.1) is 17.0 Å². The smallest absolute Gasteiger partial charge is 0.193 e. The molecule has 0 aliphatic heterocycles. The fraction of sp³-hybridized carbons (Fsp3) is 0. The first-order valence-electron chi connectivity index (χ1n) is 5.81. The highest BCUT2D eigenvalue weighted by molar-refractivity contribution is 5.78. The molecule has 0 bridgehead atoms. The van der Waals surface area contributed by atoms with Gasteiger partial charge in [-0.3, -0.25) is 4.79 Å². The molecule has 3 aromatic rings. The van der Waals surface area contributed by atoms with Gasteiger partial charge in [-0.05, 0) is 36.4 Å². The van der Waals surface area contributed by atoms with Crippen LogP contribution in [-0.4, -0.2) is 0 Å². The lowest BCUT2D eigenvalue weighted by Gasteiger charge is -2.02. The first-order chi connectivity index (χ1) is 9.28. The van der Waals surface area contributed by atoms with Crippen LogP contribution in [0.4, 0.5) is 0 Å². The Kier molecular flexibility index (Phi) is 2.62. The van der Waals surface area contributed by atoms with Gasteiger partial charge < -0.3 is 4.42 Å². The summed E-state index contributed by atoms with van der Waals surface area (Å²) in [6, 6.07) is 17.6. The van der Waals surface area contributed by atoms with E-state index in [1.54, 1.807) is 42.5 Å². The monoisotopic (exact) mass is 247 g/mol. The summed E-state index contributed by atoms with van der Waals surface area (Å²) in [6.07, 6.45) is 0. The molecule has 0 spiro atoms. The van der Waals surface area contributed by atoms with Crippen molar-refractivity contribution in [2.75, 3.05) is 0 Å². The third-order valence-corrected chi connectivity index (χ3v) is 2.93. The van der Waals surface area contributed by atoms with Gasteiger partial charge in [0.2, 0.25) is 0 Å². The summed E-state index contributed by atoms with van der Waals surface area (Å²) < 4.78 is 5.72. The minimum absolute atomic E-state index is 0.0683. The summed E-state index contributed by atoms with van der Waals surface area (Å²) in [4.78, 5) is 12.0. The van der Waals surface area contributed by atoms with Crippen molar-refractivity contribution < 1.29 is 4.42 Å². The molecule has 0 aliphatic carbocycles. The molecule has 90 valence electrons.